The van der Waals surface area contributed by atoms with E-state index in [1.165, 1.54) is 31.9 Å². The van der Waals surface area contributed by atoms with Crippen LogP contribution in [-0.2, 0) is 11.2 Å². The van der Waals surface area contributed by atoms with Gasteiger partial charge in [0.1, 0.15) is 5.75 Å². The second-order valence-corrected chi connectivity index (χ2v) is 9.09. The molecule has 3 heterocycles. The van der Waals surface area contributed by atoms with Gasteiger partial charge < -0.3 is 14.5 Å². The molecule has 5 rings (SSSR count). The number of nitrogens with zero attached hydrogens (tertiary/aromatic N) is 2. The highest BCUT2D eigenvalue weighted by Gasteiger charge is 2.26. The predicted molar refractivity (Wildman–Crippen MR) is 138 cm³/mol. The first-order valence-electron chi connectivity index (χ1n) is 12.2. The van der Waals surface area contributed by atoms with E-state index in [-0.39, 0.29) is 12.0 Å². The van der Waals surface area contributed by atoms with Gasteiger partial charge in [-0.15, -0.1) is 0 Å². The number of hydrogen-bond donors (Lipinski definition) is 1. The first kappa shape index (κ1) is 23.1. The zero-order valence-electron chi connectivity index (χ0n) is 20.3. The molecule has 0 aliphatic carbocycles. The molecule has 180 valence electrons. The first-order valence-corrected chi connectivity index (χ1v) is 12.2. The largest absolute Gasteiger partial charge is 0.497 e. The van der Waals surface area contributed by atoms with Crippen LogP contribution in [0.4, 0.5) is 0 Å². The topological polar surface area (TPSA) is 67.5 Å². The maximum atomic E-state index is 12.5. The minimum absolute atomic E-state index is 0.158. The fourth-order valence-electron chi connectivity index (χ4n) is 5.17. The Labute approximate surface area is 205 Å². The summed E-state index contributed by atoms with van der Waals surface area (Å²) in [6, 6.07) is 16.2. The number of aromatic amines is 1. The Bertz CT molecular complexity index is 1310. The van der Waals surface area contributed by atoms with Crippen molar-refractivity contribution in [3.05, 3.63) is 83.8 Å². The lowest BCUT2D eigenvalue weighted by Crippen LogP contribution is -2.35. The van der Waals surface area contributed by atoms with Crippen LogP contribution in [-0.4, -0.2) is 48.1 Å². The summed E-state index contributed by atoms with van der Waals surface area (Å²) in [7, 11) is 3.11. The number of piperidine rings is 1. The summed E-state index contributed by atoms with van der Waals surface area (Å²) >= 11 is 0. The van der Waals surface area contributed by atoms with Crippen molar-refractivity contribution in [2.45, 2.75) is 31.7 Å². The van der Waals surface area contributed by atoms with E-state index < -0.39 is 0 Å². The molecule has 6 heteroatoms. The number of H-pyrrole nitrogens is 1. The molecule has 1 aliphatic rings. The van der Waals surface area contributed by atoms with Crippen LogP contribution in [0.1, 0.15) is 46.8 Å². The molecule has 0 spiro atoms. The first-order chi connectivity index (χ1) is 17.2. The molecule has 1 aliphatic heterocycles. The van der Waals surface area contributed by atoms with Crippen molar-refractivity contribution >= 4 is 16.9 Å². The van der Waals surface area contributed by atoms with Crippen LogP contribution >= 0.6 is 0 Å². The number of ether oxygens (including phenoxy) is 2. The normalized spacial score (nSPS) is 15.1. The van der Waals surface area contributed by atoms with Crippen molar-refractivity contribution in [3.8, 4) is 16.9 Å². The zero-order chi connectivity index (χ0) is 24.2. The number of carbonyl (C=O) groups is 1. The van der Waals surface area contributed by atoms with Gasteiger partial charge in [-0.25, -0.2) is 4.79 Å². The lowest BCUT2D eigenvalue weighted by molar-refractivity contribution is 0.0603. The molecule has 0 saturated carbocycles. The maximum absolute atomic E-state index is 12.5. The Morgan fingerprint density at radius 2 is 1.83 bits per heavy atom. The Morgan fingerprint density at radius 3 is 2.57 bits per heavy atom. The molecule has 0 bridgehead atoms. The number of aromatic nitrogens is 2. The minimum atomic E-state index is -0.311. The van der Waals surface area contributed by atoms with Crippen LogP contribution in [0, 0.1) is 0 Å². The van der Waals surface area contributed by atoms with Crippen molar-refractivity contribution in [1.82, 2.24) is 14.9 Å². The highest BCUT2D eigenvalue weighted by atomic mass is 16.5. The summed E-state index contributed by atoms with van der Waals surface area (Å²) in [5.41, 5.74) is 6.05. The molecule has 35 heavy (non-hydrogen) atoms. The van der Waals surface area contributed by atoms with E-state index in [2.05, 4.69) is 33.1 Å². The van der Waals surface area contributed by atoms with Gasteiger partial charge in [0.25, 0.3) is 0 Å². The van der Waals surface area contributed by atoms with Gasteiger partial charge >= 0.3 is 5.97 Å². The highest BCUT2D eigenvalue weighted by Crippen LogP contribution is 2.34. The molecule has 1 atom stereocenters. The summed E-state index contributed by atoms with van der Waals surface area (Å²) in [6.45, 7) is 2.12. The molecule has 1 N–H and O–H groups in total. The third-order valence-electron chi connectivity index (χ3n) is 7.00. The molecule has 0 radical (unpaired) electrons. The van der Waals surface area contributed by atoms with Crippen molar-refractivity contribution in [3.63, 3.8) is 0 Å². The van der Waals surface area contributed by atoms with Gasteiger partial charge in [-0.1, -0.05) is 24.6 Å². The summed E-state index contributed by atoms with van der Waals surface area (Å²) < 4.78 is 10.4. The third kappa shape index (κ3) is 4.80. The van der Waals surface area contributed by atoms with Gasteiger partial charge in [-0.2, -0.15) is 0 Å². The van der Waals surface area contributed by atoms with E-state index in [9.17, 15) is 4.79 Å². The van der Waals surface area contributed by atoms with Gasteiger partial charge in [0.2, 0.25) is 0 Å². The number of likely N-dealkylation sites (tertiary alicyclic amines) is 1. The smallest absolute Gasteiger partial charge is 0.338 e. The molecule has 6 nitrogen and oxygen atoms in total. The maximum Gasteiger partial charge on any atom is 0.338 e. The fraction of sp³-hybridized carbons (Fsp3) is 0.310. The summed E-state index contributed by atoms with van der Waals surface area (Å²) in [6.07, 6.45) is 10.4. The molecule has 2 aromatic carbocycles. The number of pyridine rings is 1. The van der Waals surface area contributed by atoms with Crippen molar-refractivity contribution < 1.29 is 14.3 Å². The van der Waals surface area contributed by atoms with Crippen LogP contribution < -0.4 is 4.74 Å². The van der Waals surface area contributed by atoms with Crippen molar-refractivity contribution in [2.75, 3.05) is 27.3 Å². The molecular formula is C29H31N3O3. The van der Waals surface area contributed by atoms with Crippen LogP contribution in [0.3, 0.4) is 0 Å². The molecule has 4 aromatic rings. The van der Waals surface area contributed by atoms with E-state index in [4.69, 9.17) is 9.47 Å². The molecule has 1 fully saturated rings. The Morgan fingerprint density at radius 1 is 1.03 bits per heavy atom. The van der Waals surface area contributed by atoms with Crippen LogP contribution in [0.5, 0.6) is 5.75 Å². The molecule has 0 amide bonds. The lowest BCUT2D eigenvalue weighted by atomic mass is 9.93. The number of fused-ring (bicyclic) bond motifs is 1. The zero-order valence-corrected chi connectivity index (χ0v) is 20.3. The standard InChI is InChI=1S/C29H31N3O3/c1-34-24-11-9-20(10-12-24)21-15-22(18-30-17-21)27(32-13-4-3-5-14-32)16-23-19-31-26-8-6-7-25(28(23)26)29(33)35-2/h6-12,15,17-19,27,31H,3-5,13-14,16H2,1-2H3. The van der Waals surface area contributed by atoms with E-state index in [1.807, 2.05) is 48.9 Å². The number of benzene rings is 2. The highest BCUT2D eigenvalue weighted by molar-refractivity contribution is 6.05. The molecular weight excluding hydrogens is 438 g/mol. The Kier molecular flexibility index (Phi) is 6.82. The van der Waals surface area contributed by atoms with Crippen LogP contribution in [0.2, 0.25) is 0 Å². The number of esters is 1. The van der Waals surface area contributed by atoms with Crippen LogP contribution in [0.25, 0.3) is 22.0 Å². The molecule has 1 unspecified atom stereocenters. The van der Waals surface area contributed by atoms with Gasteiger partial charge in [0.05, 0.1) is 19.8 Å². The monoisotopic (exact) mass is 469 g/mol. The van der Waals surface area contributed by atoms with E-state index in [0.717, 1.165) is 52.9 Å². The fourth-order valence-corrected chi connectivity index (χ4v) is 5.17. The second-order valence-electron chi connectivity index (χ2n) is 9.09. The quantitative estimate of drug-likeness (QED) is 0.347. The van der Waals surface area contributed by atoms with Gasteiger partial charge in [-0.3, -0.25) is 9.88 Å². The van der Waals surface area contributed by atoms with Gasteiger partial charge in [0.15, 0.2) is 0 Å². The number of nitrogens with one attached hydrogen (secondary N) is 1. The summed E-state index contributed by atoms with van der Waals surface area (Å²) in [4.78, 5) is 23.1. The average molecular weight is 470 g/mol. The number of methoxy groups -OCH3 is 2. The van der Waals surface area contributed by atoms with Crippen molar-refractivity contribution in [1.29, 1.82) is 0 Å². The van der Waals surface area contributed by atoms with Crippen molar-refractivity contribution in [2.24, 2.45) is 0 Å². The summed E-state index contributed by atoms with van der Waals surface area (Å²) in [5, 5.41) is 0.945. The van der Waals surface area contributed by atoms with Crippen LogP contribution in [0.15, 0.2) is 67.1 Å². The SMILES string of the molecule is COC(=O)c1cccc2[nH]cc(CC(c3cncc(-c4ccc(OC)cc4)c3)N3CCCCC3)c12. The molecule has 2 aromatic heterocycles. The minimum Gasteiger partial charge on any atom is -0.497 e. The third-order valence-corrected chi connectivity index (χ3v) is 7.00. The number of carbonyl (C=O) groups excluding carboxylic acids is 1. The Hall–Kier alpha value is -3.64. The molecule has 1 saturated heterocycles. The van der Waals surface area contributed by atoms with Gasteiger partial charge in [-0.05, 0) is 79.4 Å². The average Bonchev–Trinajstić information content (AvgIpc) is 3.35. The second kappa shape index (κ2) is 10.3. The summed E-state index contributed by atoms with van der Waals surface area (Å²) in [5.74, 6) is 0.527. The van der Waals surface area contributed by atoms with Gasteiger partial charge in [0, 0.05) is 41.1 Å². The predicted octanol–water partition coefficient (Wildman–Crippen LogP) is 5.79. The number of rotatable bonds is 7. The Balaban J connectivity index is 1.54. The number of hydrogen-bond acceptors (Lipinski definition) is 5. The van der Waals surface area contributed by atoms with E-state index >= 15 is 0 Å². The van der Waals surface area contributed by atoms with E-state index in [0.29, 0.717) is 5.56 Å². The van der Waals surface area contributed by atoms with E-state index in [1.54, 1.807) is 7.11 Å². The lowest BCUT2D eigenvalue weighted by Gasteiger charge is -2.35.